The van der Waals surface area contributed by atoms with Gasteiger partial charge in [-0.25, -0.2) is 0 Å². The summed E-state index contributed by atoms with van der Waals surface area (Å²) in [7, 11) is 1.56. The Hall–Kier alpha value is -1.32. The monoisotopic (exact) mass is 238 g/mol. The Balaban J connectivity index is 2.32. The van der Waals surface area contributed by atoms with Crippen molar-refractivity contribution in [2.24, 2.45) is 0 Å². The normalized spacial score (nSPS) is 10.9. The number of carbonyl (C=O) groups is 1. The van der Waals surface area contributed by atoms with E-state index in [9.17, 15) is 4.79 Å². The SMILES string of the molecule is COCCC(=O)c1cc2cccc(Cl)c2o1. The maximum atomic E-state index is 11.7. The number of furan rings is 1. The van der Waals surface area contributed by atoms with E-state index in [1.165, 1.54) is 0 Å². The molecule has 0 radical (unpaired) electrons. The number of rotatable bonds is 4. The molecular formula is C12H11ClO3. The standard InChI is InChI=1S/C12H11ClO3/c1-15-6-5-10(14)11-7-8-3-2-4-9(13)12(8)16-11/h2-4,7H,5-6H2,1H3. The topological polar surface area (TPSA) is 39.4 Å². The number of carbonyl (C=O) groups excluding carboxylic acids is 1. The Kier molecular flexibility index (Phi) is 3.27. The summed E-state index contributed by atoms with van der Waals surface area (Å²) in [6.45, 7) is 0.392. The molecule has 0 unspecified atom stereocenters. The van der Waals surface area contributed by atoms with Crippen molar-refractivity contribution < 1.29 is 13.9 Å². The van der Waals surface area contributed by atoms with Crippen LogP contribution in [0.1, 0.15) is 17.0 Å². The molecule has 0 saturated carbocycles. The summed E-state index contributed by atoms with van der Waals surface area (Å²) in [6.07, 6.45) is 0.313. The molecule has 16 heavy (non-hydrogen) atoms. The Morgan fingerprint density at radius 3 is 3.00 bits per heavy atom. The summed E-state index contributed by atoms with van der Waals surface area (Å²) in [5.41, 5.74) is 0.560. The fraction of sp³-hybridized carbons (Fsp3) is 0.250. The van der Waals surface area contributed by atoms with Gasteiger partial charge in [-0.15, -0.1) is 0 Å². The summed E-state index contributed by atoms with van der Waals surface area (Å²) in [5.74, 6) is 0.259. The molecule has 0 atom stereocenters. The van der Waals surface area contributed by atoms with Crippen molar-refractivity contribution in [2.45, 2.75) is 6.42 Å². The molecule has 1 aromatic carbocycles. The number of fused-ring (bicyclic) bond motifs is 1. The highest BCUT2D eigenvalue weighted by Gasteiger charge is 2.13. The maximum absolute atomic E-state index is 11.7. The largest absolute Gasteiger partial charge is 0.451 e. The van der Waals surface area contributed by atoms with Crippen LogP contribution in [0.4, 0.5) is 0 Å². The van der Waals surface area contributed by atoms with E-state index in [0.29, 0.717) is 29.4 Å². The number of hydrogen-bond donors (Lipinski definition) is 0. The van der Waals surface area contributed by atoms with E-state index < -0.39 is 0 Å². The lowest BCUT2D eigenvalue weighted by Gasteiger charge is -1.95. The average molecular weight is 239 g/mol. The van der Waals surface area contributed by atoms with E-state index in [4.69, 9.17) is 20.8 Å². The lowest BCUT2D eigenvalue weighted by atomic mass is 10.2. The third kappa shape index (κ3) is 2.10. The maximum Gasteiger partial charge on any atom is 0.200 e. The first-order valence-corrected chi connectivity index (χ1v) is 5.30. The Labute approximate surface area is 97.9 Å². The highest BCUT2D eigenvalue weighted by molar-refractivity contribution is 6.34. The van der Waals surface area contributed by atoms with Gasteiger partial charge in [-0.3, -0.25) is 4.79 Å². The molecule has 0 N–H and O–H groups in total. The van der Waals surface area contributed by atoms with Crippen LogP contribution in [0.5, 0.6) is 0 Å². The van der Waals surface area contributed by atoms with Gasteiger partial charge in [0.25, 0.3) is 0 Å². The van der Waals surface area contributed by atoms with Gasteiger partial charge in [-0.05, 0) is 12.1 Å². The number of ketones is 1. The second-order valence-electron chi connectivity index (χ2n) is 3.43. The van der Waals surface area contributed by atoms with Crippen molar-refractivity contribution in [3.8, 4) is 0 Å². The second kappa shape index (κ2) is 4.68. The van der Waals surface area contributed by atoms with Crippen LogP contribution < -0.4 is 0 Å². The zero-order valence-corrected chi connectivity index (χ0v) is 9.58. The van der Waals surface area contributed by atoms with Crippen LogP contribution in [0.3, 0.4) is 0 Å². The first kappa shape index (κ1) is 11.2. The molecule has 0 aliphatic rings. The number of ether oxygens (including phenoxy) is 1. The van der Waals surface area contributed by atoms with Crippen molar-refractivity contribution in [3.05, 3.63) is 35.0 Å². The summed E-state index contributed by atoms with van der Waals surface area (Å²) >= 11 is 5.95. The van der Waals surface area contributed by atoms with Gasteiger partial charge in [0.15, 0.2) is 17.1 Å². The van der Waals surface area contributed by atoms with Gasteiger partial charge in [0.05, 0.1) is 11.6 Å². The van der Waals surface area contributed by atoms with Crippen LogP contribution in [0.2, 0.25) is 5.02 Å². The number of benzene rings is 1. The number of methoxy groups -OCH3 is 1. The predicted octanol–water partition coefficient (Wildman–Crippen LogP) is 3.31. The van der Waals surface area contributed by atoms with E-state index in [0.717, 1.165) is 5.39 Å². The Morgan fingerprint density at radius 2 is 2.31 bits per heavy atom. The van der Waals surface area contributed by atoms with Crippen LogP contribution >= 0.6 is 11.6 Å². The number of hydrogen-bond acceptors (Lipinski definition) is 3. The molecule has 84 valence electrons. The molecule has 2 rings (SSSR count). The van der Waals surface area contributed by atoms with E-state index >= 15 is 0 Å². The minimum atomic E-state index is -0.0749. The highest BCUT2D eigenvalue weighted by atomic mass is 35.5. The lowest BCUT2D eigenvalue weighted by Crippen LogP contribution is -2.01. The van der Waals surface area contributed by atoms with Gasteiger partial charge in [0.1, 0.15) is 0 Å². The second-order valence-corrected chi connectivity index (χ2v) is 3.84. The molecule has 0 spiro atoms. The summed E-state index contributed by atoms with van der Waals surface area (Å²) in [6, 6.07) is 7.12. The van der Waals surface area contributed by atoms with Crippen LogP contribution in [-0.2, 0) is 4.74 Å². The summed E-state index contributed by atoms with van der Waals surface area (Å²) in [4.78, 5) is 11.7. The minimum absolute atomic E-state index is 0.0749. The third-order valence-electron chi connectivity index (χ3n) is 2.30. The zero-order valence-electron chi connectivity index (χ0n) is 8.83. The van der Waals surface area contributed by atoms with E-state index in [-0.39, 0.29) is 5.78 Å². The molecule has 1 aromatic heterocycles. The number of Topliss-reactive ketones (excluding diaryl/α,β-unsaturated/α-hetero) is 1. The molecule has 1 heterocycles. The van der Waals surface area contributed by atoms with Crippen LogP contribution in [0.25, 0.3) is 11.0 Å². The van der Waals surface area contributed by atoms with Crippen LogP contribution in [0, 0.1) is 0 Å². The molecule has 0 aliphatic carbocycles. The van der Waals surface area contributed by atoms with E-state index in [1.807, 2.05) is 12.1 Å². The Morgan fingerprint density at radius 1 is 1.50 bits per heavy atom. The molecule has 0 fully saturated rings. The molecule has 4 heteroatoms. The average Bonchev–Trinajstić information content (AvgIpc) is 2.71. The van der Waals surface area contributed by atoms with Crippen LogP contribution in [-0.4, -0.2) is 19.5 Å². The van der Waals surface area contributed by atoms with E-state index in [2.05, 4.69) is 0 Å². The van der Waals surface area contributed by atoms with Crippen molar-refractivity contribution >= 4 is 28.4 Å². The van der Waals surface area contributed by atoms with Crippen molar-refractivity contribution in [2.75, 3.05) is 13.7 Å². The van der Waals surface area contributed by atoms with Gasteiger partial charge in [0.2, 0.25) is 0 Å². The predicted molar refractivity (Wildman–Crippen MR) is 62.0 cm³/mol. The van der Waals surface area contributed by atoms with Gasteiger partial charge < -0.3 is 9.15 Å². The number of para-hydroxylation sites is 1. The molecule has 3 nitrogen and oxygen atoms in total. The number of halogens is 1. The van der Waals surface area contributed by atoms with Crippen LogP contribution in [0.15, 0.2) is 28.7 Å². The fourth-order valence-electron chi connectivity index (χ4n) is 1.48. The third-order valence-corrected chi connectivity index (χ3v) is 2.60. The van der Waals surface area contributed by atoms with Gasteiger partial charge in [0, 0.05) is 18.9 Å². The first-order valence-electron chi connectivity index (χ1n) is 4.92. The molecule has 0 saturated heterocycles. The lowest BCUT2D eigenvalue weighted by molar-refractivity contribution is 0.0907. The van der Waals surface area contributed by atoms with Crippen molar-refractivity contribution in [3.63, 3.8) is 0 Å². The van der Waals surface area contributed by atoms with E-state index in [1.54, 1.807) is 19.2 Å². The first-order chi connectivity index (χ1) is 7.72. The van der Waals surface area contributed by atoms with Gasteiger partial charge in [-0.2, -0.15) is 0 Å². The zero-order chi connectivity index (χ0) is 11.5. The quantitative estimate of drug-likeness (QED) is 0.768. The van der Waals surface area contributed by atoms with Gasteiger partial charge in [-0.1, -0.05) is 23.7 Å². The summed E-state index contributed by atoms with van der Waals surface area (Å²) in [5, 5.41) is 1.36. The Bertz CT molecular complexity index is 516. The fourth-order valence-corrected chi connectivity index (χ4v) is 1.70. The highest BCUT2D eigenvalue weighted by Crippen LogP contribution is 2.27. The minimum Gasteiger partial charge on any atom is -0.451 e. The molecule has 0 amide bonds. The summed E-state index contributed by atoms with van der Waals surface area (Å²) < 4.78 is 10.3. The molecule has 2 aromatic rings. The molecule has 0 bridgehead atoms. The molecular weight excluding hydrogens is 228 g/mol. The smallest absolute Gasteiger partial charge is 0.200 e. The van der Waals surface area contributed by atoms with Gasteiger partial charge >= 0.3 is 0 Å². The van der Waals surface area contributed by atoms with Crippen molar-refractivity contribution in [1.29, 1.82) is 0 Å². The van der Waals surface area contributed by atoms with Crippen molar-refractivity contribution in [1.82, 2.24) is 0 Å². The molecule has 0 aliphatic heterocycles.